The van der Waals surface area contributed by atoms with Gasteiger partial charge in [-0.25, -0.2) is 8.42 Å². The van der Waals surface area contributed by atoms with Gasteiger partial charge in [-0.2, -0.15) is 0 Å². The van der Waals surface area contributed by atoms with Crippen molar-refractivity contribution in [2.75, 3.05) is 28.5 Å². The average Bonchev–Trinajstić information content (AvgIpc) is 3.05. The van der Waals surface area contributed by atoms with Crippen molar-refractivity contribution in [3.05, 3.63) is 60.2 Å². The lowest BCUT2D eigenvalue weighted by molar-refractivity contribution is -0.136. The van der Waals surface area contributed by atoms with E-state index in [-0.39, 0.29) is 12.3 Å². The number of nitrogens with one attached hydrogen (secondary N) is 2. The van der Waals surface area contributed by atoms with Crippen LogP contribution in [0.5, 0.6) is 0 Å². The number of hydrogen-bond acceptors (Lipinski definition) is 5. The third-order valence-electron chi connectivity index (χ3n) is 4.34. The van der Waals surface area contributed by atoms with Gasteiger partial charge >= 0.3 is 11.8 Å². The first-order chi connectivity index (χ1) is 13.4. The molecular formula is C19H21N3O5S. The van der Waals surface area contributed by atoms with E-state index in [9.17, 15) is 23.1 Å². The Morgan fingerprint density at radius 1 is 1.07 bits per heavy atom. The van der Waals surface area contributed by atoms with Crippen LogP contribution in [0.2, 0.25) is 0 Å². The second kappa shape index (κ2) is 8.41. The highest BCUT2D eigenvalue weighted by molar-refractivity contribution is 7.93. The molecule has 0 spiro atoms. The second-order valence-electron chi connectivity index (χ2n) is 6.38. The van der Waals surface area contributed by atoms with E-state index in [0.717, 1.165) is 0 Å². The second-order valence-corrected chi connectivity index (χ2v) is 8.40. The molecule has 0 radical (unpaired) electrons. The molecule has 1 saturated heterocycles. The number of aliphatic hydroxyl groups excluding tert-OH is 1. The number of carbonyl (C=O) groups excluding carboxylic acids is 2. The molecule has 1 fully saturated rings. The van der Waals surface area contributed by atoms with E-state index in [2.05, 4.69) is 10.6 Å². The van der Waals surface area contributed by atoms with E-state index in [1.54, 1.807) is 42.5 Å². The summed E-state index contributed by atoms with van der Waals surface area (Å²) in [5.74, 6) is -1.70. The van der Waals surface area contributed by atoms with Gasteiger partial charge in [-0.15, -0.1) is 0 Å². The summed E-state index contributed by atoms with van der Waals surface area (Å²) in [5, 5.41) is 14.9. The Morgan fingerprint density at radius 3 is 2.50 bits per heavy atom. The van der Waals surface area contributed by atoms with E-state index in [4.69, 9.17) is 0 Å². The van der Waals surface area contributed by atoms with Gasteiger partial charge in [0.25, 0.3) is 0 Å². The monoisotopic (exact) mass is 403 g/mol. The molecule has 2 aromatic rings. The Hall–Kier alpha value is -2.91. The van der Waals surface area contributed by atoms with Gasteiger partial charge in [0, 0.05) is 18.8 Å². The molecule has 0 bridgehead atoms. The number of aliphatic hydroxyl groups is 1. The van der Waals surface area contributed by atoms with Crippen LogP contribution < -0.4 is 14.9 Å². The molecule has 1 aliphatic rings. The predicted octanol–water partition coefficient (Wildman–Crippen LogP) is 1.01. The number of anilines is 2. The van der Waals surface area contributed by atoms with Crippen LogP contribution >= 0.6 is 0 Å². The Kier molecular flexibility index (Phi) is 5.96. The SMILES string of the molecule is O=C(NCC(O)c1ccccc1)C(=O)Nc1cccc(N2CCCS2(=O)=O)c1. The number of carbonyl (C=O) groups is 2. The lowest BCUT2D eigenvalue weighted by Crippen LogP contribution is -2.37. The normalized spacial score (nSPS) is 16.4. The maximum Gasteiger partial charge on any atom is 0.313 e. The fourth-order valence-corrected chi connectivity index (χ4v) is 4.48. The van der Waals surface area contributed by atoms with Gasteiger partial charge in [0.05, 0.1) is 17.5 Å². The number of amides is 2. The van der Waals surface area contributed by atoms with Crippen LogP contribution in [-0.4, -0.2) is 44.2 Å². The van der Waals surface area contributed by atoms with Gasteiger partial charge in [-0.1, -0.05) is 36.4 Å². The van der Waals surface area contributed by atoms with Crippen molar-refractivity contribution in [2.24, 2.45) is 0 Å². The molecule has 2 aromatic carbocycles. The highest BCUT2D eigenvalue weighted by atomic mass is 32.2. The van der Waals surface area contributed by atoms with Crippen LogP contribution in [-0.2, 0) is 19.6 Å². The Bertz CT molecular complexity index is 963. The summed E-state index contributed by atoms with van der Waals surface area (Å²) < 4.78 is 25.3. The minimum absolute atomic E-state index is 0.0930. The first-order valence-electron chi connectivity index (χ1n) is 8.79. The van der Waals surface area contributed by atoms with Crippen LogP contribution in [0.3, 0.4) is 0 Å². The van der Waals surface area contributed by atoms with Gasteiger partial charge in [-0.05, 0) is 30.2 Å². The molecule has 1 atom stereocenters. The van der Waals surface area contributed by atoms with Gasteiger partial charge in [-0.3, -0.25) is 13.9 Å². The summed E-state index contributed by atoms with van der Waals surface area (Å²) in [5.41, 5.74) is 1.38. The molecule has 1 aliphatic heterocycles. The van der Waals surface area contributed by atoms with E-state index < -0.39 is 27.9 Å². The highest BCUT2D eigenvalue weighted by Gasteiger charge is 2.28. The Labute approximate surface area is 163 Å². The van der Waals surface area contributed by atoms with Crippen LogP contribution in [0.1, 0.15) is 18.1 Å². The van der Waals surface area contributed by atoms with Crippen LogP contribution in [0.25, 0.3) is 0 Å². The summed E-state index contributed by atoms with van der Waals surface area (Å²) in [7, 11) is -3.33. The predicted molar refractivity (Wildman–Crippen MR) is 105 cm³/mol. The molecule has 9 heteroatoms. The van der Waals surface area contributed by atoms with Crippen molar-refractivity contribution in [3.63, 3.8) is 0 Å². The summed E-state index contributed by atoms with van der Waals surface area (Å²) in [4.78, 5) is 24.1. The fraction of sp³-hybridized carbons (Fsp3) is 0.263. The molecule has 8 nitrogen and oxygen atoms in total. The maximum absolute atomic E-state index is 12.1. The van der Waals surface area contributed by atoms with Crippen molar-refractivity contribution in [3.8, 4) is 0 Å². The van der Waals surface area contributed by atoms with Crippen molar-refractivity contribution in [1.82, 2.24) is 5.32 Å². The maximum atomic E-state index is 12.1. The first-order valence-corrected chi connectivity index (χ1v) is 10.4. The standard InChI is InChI=1S/C19H21N3O5S/c23-17(14-6-2-1-3-7-14)13-20-18(24)19(25)21-15-8-4-9-16(12-15)22-10-5-11-28(22,26)27/h1-4,6-9,12,17,23H,5,10-11,13H2,(H,20,24)(H,21,25). The third kappa shape index (κ3) is 4.68. The lowest BCUT2D eigenvalue weighted by Gasteiger charge is -2.17. The molecule has 148 valence electrons. The van der Waals surface area contributed by atoms with E-state index >= 15 is 0 Å². The van der Waals surface area contributed by atoms with Gasteiger partial charge in [0.2, 0.25) is 10.0 Å². The van der Waals surface area contributed by atoms with Gasteiger partial charge < -0.3 is 15.7 Å². The van der Waals surface area contributed by atoms with Crippen molar-refractivity contribution < 1.29 is 23.1 Å². The molecule has 2 amide bonds. The summed E-state index contributed by atoms with van der Waals surface area (Å²) in [6.07, 6.45) is -0.382. The van der Waals surface area contributed by atoms with E-state index in [0.29, 0.717) is 29.9 Å². The lowest BCUT2D eigenvalue weighted by atomic mass is 10.1. The van der Waals surface area contributed by atoms with Crippen molar-refractivity contribution in [2.45, 2.75) is 12.5 Å². The van der Waals surface area contributed by atoms with Crippen LogP contribution in [0.15, 0.2) is 54.6 Å². The van der Waals surface area contributed by atoms with Gasteiger partial charge in [0.1, 0.15) is 0 Å². The molecule has 1 heterocycles. The molecule has 1 unspecified atom stereocenters. The molecular weight excluding hydrogens is 382 g/mol. The summed E-state index contributed by atoms with van der Waals surface area (Å²) in [6.45, 7) is 0.278. The Balaban J connectivity index is 1.58. The molecule has 0 aliphatic carbocycles. The smallest absolute Gasteiger partial charge is 0.313 e. The van der Waals surface area contributed by atoms with Crippen molar-refractivity contribution in [1.29, 1.82) is 0 Å². The number of hydrogen-bond donors (Lipinski definition) is 3. The topological polar surface area (TPSA) is 116 Å². The quantitative estimate of drug-likeness (QED) is 0.645. The zero-order chi connectivity index (χ0) is 20.1. The average molecular weight is 403 g/mol. The minimum atomic E-state index is -3.33. The number of nitrogens with zero attached hydrogens (tertiary/aromatic N) is 1. The largest absolute Gasteiger partial charge is 0.387 e. The first kappa shape index (κ1) is 19.8. The minimum Gasteiger partial charge on any atom is -0.387 e. The highest BCUT2D eigenvalue weighted by Crippen LogP contribution is 2.26. The number of rotatable bonds is 5. The summed E-state index contributed by atoms with van der Waals surface area (Å²) in [6, 6.07) is 15.1. The van der Waals surface area contributed by atoms with Crippen LogP contribution in [0, 0.1) is 0 Å². The molecule has 0 aromatic heterocycles. The van der Waals surface area contributed by atoms with Gasteiger partial charge in [0.15, 0.2) is 0 Å². The third-order valence-corrected chi connectivity index (χ3v) is 6.21. The van der Waals surface area contributed by atoms with Crippen LogP contribution in [0.4, 0.5) is 11.4 Å². The fourth-order valence-electron chi connectivity index (χ4n) is 2.92. The number of benzene rings is 2. The number of sulfonamides is 1. The molecule has 28 heavy (non-hydrogen) atoms. The van der Waals surface area contributed by atoms with E-state index in [1.807, 2.05) is 6.07 Å². The molecule has 3 N–H and O–H groups in total. The zero-order valence-electron chi connectivity index (χ0n) is 15.0. The Morgan fingerprint density at radius 2 is 1.82 bits per heavy atom. The van der Waals surface area contributed by atoms with Crippen molar-refractivity contribution >= 4 is 33.2 Å². The molecule has 0 saturated carbocycles. The molecule has 3 rings (SSSR count). The van der Waals surface area contributed by atoms with E-state index in [1.165, 1.54) is 10.4 Å². The zero-order valence-corrected chi connectivity index (χ0v) is 15.9. The summed E-state index contributed by atoms with van der Waals surface area (Å²) >= 11 is 0.